The maximum atomic E-state index is 12.5. The molecule has 1 aliphatic rings. The zero-order valence-corrected chi connectivity index (χ0v) is 13.7. The summed E-state index contributed by atoms with van der Waals surface area (Å²) in [5, 5.41) is 0.130. The molecule has 0 aliphatic carbocycles. The van der Waals surface area contributed by atoms with Crippen LogP contribution in [0.5, 0.6) is 0 Å². The Morgan fingerprint density at radius 2 is 1.70 bits per heavy atom. The van der Waals surface area contributed by atoms with Crippen molar-refractivity contribution in [3.05, 3.63) is 54.5 Å². The summed E-state index contributed by atoms with van der Waals surface area (Å²) in [6.45, 7) is 3.44. The van der Waals surface area contributed by atoms with Crippen molar-refractivity contribution in [3.63, 3.8) is 0 Å². The van der Waals surface area contributed by atoms with Crippen LogP contribution >= 0.6 is 0 Å². The first-order valence-electron chi connectivity index (χ1n) is 7.69. The molecular formula is C16H20N4O2S. The van der Waals surface area contributed by atoms with Crippen LogP contribution in [0.25, 0.3) is 0 Å². The lowest BCUT2D eigenvalue weighted by Gasteiger charge is -2.33. The van der Waals surface area contributed by atoms with Crippen LogP contribution in [0.3, 0.4) is 0 Å². The maximum Gasteiger partial charge on any atom is 0.260 e. The second kappa shape index (κ2) is 7.16. The summed E-state index contributed by atoms with van der Waals surface area (Å²) in [6, 6.07) is 9.00. The third-order valence-corrected chi connectivity index (χ3v) is 5.85. The summed E-state index contributed by atoms with van der Waals surface area (Å²) >= 11 is 0. The van der Waals surface area contributed by atoms with Crippen molar-refractivity contribution in [3.8, 4) is 0 Å². The molecule has 7 heteroatoms. The van der Waals surface area contributed by atoms with E-state index in [4.69, 9.17) is 0 Å². The van der Waals surface area contributed by atoms with Gasteiger partial charge in [-0.2, -0.15) is 4.31 Å². The Morgan fingerprint density at radius 1 is 0.957 bits per heavy atom. The van der Waals surface area contributed by atoms with E-state index in [9.17, 15) is 8.42 Å². The third kappa shape index (κ3) is 3.93. The summed E-state index contributed by atoms with van der Waals surface area (Å²) in [5.74, 6) is 0. The number of rotatable bonds is 5. The van der Waals surface area contributed by atoms with Gasteiger partial charge in [-0.25, -0.2) is 13.4 Å². The van der Waals surface area contributed by atoms with E-state index in [2.05, 4.69) is 14.9 Å². The molecule has 3 rings (SSSR count). The molecule has 3 heterocycles. The molecule has 0 aromatic carbocycles. The quantitative estimate of drug-likeness (QED) is 0.818. The van der Waals surface area contributed by atoms with Gasteiger partial charge in [-0.1, -0.05) is 6.07 Å². The summed E-state index contributed by atoms with van der Waals surface area (Å²) in [6.07, 6.45) is 6.06. The van der Waals surface area contributed by atoms with Gasteiger partial charge in [0.1, 0.15) is 0 Å². The van der Waals surface area contributed by atoms with E-state index < -0.39 is 10.0 Å². The molecule has 0 saturated carbocycles. The molecule has 1 aliphatic heterocycles. The second-order valence-corrected chi connectivity index (χ2v) is 7.40. The number of hydrogen-bond acceptors (Lipinski definition) is 5. The minimum Gasteiger partial charge on any atom is -0.300 e. The molecule has 1 saturated heterocycles. The smallest absolute Gasteiger partial charge is 0.260 e. The highest BCUT2D eigenvalue weighted by atomic mass is 32.2. The second-order valence-electron chi connectivity index (χ2n) is 5.52. The third-order valence-electron chi connectivity index (χ3n) is 4.04. The highest BCUT2D eigenvalue weighted by Crippen LogP contribution is 2.15. The van der Waals surface area contributed by atoms with Gasteiger partial charge in [0.05, 0.1) is 0 Å². The lowest BCUT2D eigenvalue weighted by Crippen LogP contribution is -2.49. The van der Waals surface area contributed by atoms with Gasteiger partial charge >= 0.3 is 0 Å². The van der Waals surface area contributed by atoms with E-state index in [0.717, 1.165) is 26.1 Å². The Kier molecular flexibility index (Phi) is 5.00. The monoisotopic (exact) mass is 332 g/mol. The van der Waals surface area contributed by atoms with Crippen molar-refractivity contribution >= 4 is 10.0 Å². The standard InChI is InChI=1S/C16H20N4O2S/c21-23(22,16-3-1-2-7-18-16)20-13-11-19(12-14-20)10-6-15-4-8-17-9-5-15/h1-5,7-9H,6,10-14H2. The molecule has 1 fully saturated rings. The van der Waals surface area contributed by atoms with Crippen LogP contribution in [0.15, 0.2) is 53.9 Å². The predicted octanol–water partition coefficient (Wildman–Crippen LogP) is 1.03. The van der Waals surface area contributed by atoms with Gasteiger partial charge in [0, 0.05) is 51.3 Å². The number of piperazine rings is 1. The Labute approximate surface area is 136 Å². The fourth-order valence-corrected chi connectivity index (χ4v) is 4.02. The summed E-state index contributed by atoms with van der Waals surface area (Å²) < 4.78 is 26.5. The first-order valence-corrected chi connectivity index (χ1v) is 9.13. The van der Waals surface area contributed by atoms with E-state index in [1.54, 1.807) is 30.6 Å². The highest BCUT2D eigenvalue weighted by Gasteiger charge is 2.28. The van der Waals surface area contributed by atoms with Crippen LogP contribution in [0.1, 0.15) is 5.56 Å². The lowest BCUT2D eigenvalue weighted by atomic mass is 10.2. The van der Waals surface area contributed by atoms with E-state index in [1.807, 2.05) is 12.1 Å². The topological polar surface area (TPSA) is 66.4 Å². The van der Waals surface area contributed by atoms with Gasteiger partial charge in [0.25, 0.3) is 10.0 Å². The fourth-order valence-electron chi connectivity index (χ4n) is 2.66. The number of nitrogens with zero attached hydrogens (tertiary/aromatic N) is 4. The Hall–Kier alpha value is -1.83. The van der Waals surface area contributed by atoms with Gasteiger partial charge in [0.2, 0.25) is 0 Å². The molecule has 0 radical (unpaired) electrons. The highest BCUT2D eigenvalue weighted by molar-refractivity contribution is 7.89. The molecule has 0 amide bonds. The molecule has 0 spiro atoms. The van der Waals surface area contributed by atoms with E-state index in [-0.39, 0.29) is 5.03 Å². The minimum absolute atomic E-state index is 0.130. The largest absolute Gasteiger partial charge is 0.300 e. The van der Waals surface area contributed by atoms with Crippen LogP contribution in [0.4, 0.5) is 0 Å². The molecular weight excluding hydrogens is 312 g/mol. The van der Waals surface area contributed by atoms with Crippen LogP contribution in [-0.4, -0.2) is 60.3 Å². The summed E-state index contributed by atoms with van der Waals surface area (Å²) in [7, 11) is -3.47. The number of sulfonamides is 1. The average molecular weight is 332 g/mol. The van der Waals surface area contributed by atoms with Gasteiger partial charge in [-0.3, -0.25) is 4.98 Å². The maximum absolute atomic E-state index is 12.5. The summed E-state index contributed by atoms with van der Waals surface area (Å²) in [5.41, 5.74) is 1.25. The zero-order chi connectivity index (χ0) is 16.1. The summed E-state index contributed by atoms with van der Waals surface area (Å²) in [4.78, 5) is 10.3. The van der Waals surface area contributed by atoms with Gasteiger partial charge in [-0.05, 0) is 36.2 Å². The number of pyridine rings is 2. The molecule has 2 aromatic heterocycles. The minimum atomic E-state index is -3.47. The van der Waals surface area contributed by atoms with Gasteiger partial charge in [0.15, 0.2) is 5.03 Å². The average Bonchev–Trinajstić information content (AvgIpc) is 2.62. The fraction of sp³-hybridized carbons (Fsp3) is 0.375. The molecule has 0 bridgehead atoms. The van der Waals surface area contributed by atoms with Crippen LogP contribution in [-0.2, 0) is 16.4 Å². The molecule has 0 unspecified atom stereocenters. The molecule has 0 atom stereocenters. The molecule has 0 N–H and O–H groups in total. The number of hydrogen-bond donors (Lipinski definition) is 0. The molecule has 122 valence electrons. The zero-order valence-electron chi connectivity index (χ0n) is 12.9. The Bertz CT molecular complexity index is 714. The molecule has 6 nitrogen and oxygen atoms in total. The molecule has 23 heavy (non-hydrogen) atoms. The van der Waals surface area contributed by atoms with E-state index in [1.165, 1.54) is 16.1 Å². The lowest BCUT2D eigenvalue weighted by molar-refractivity contribution is 0.190. The number of aromatic nitrogens is 2. The first kappa shape index (κ1) is 16.0. The van der Waals surface area contributed by atoms with E-state index in [0.29, 0.717) is 13.1 Å². The van der Waals surface area contributed by atoms with Crippen molar-refractivity contribution in [1.29, 1.82) is 0 Å². The van der Waals surface area contributed by atoms with Crippen molar-refractivity contribution in [2.75, 3.05) is 32.7 Å². The van der Waals surface area contributed by atoms with Crippen LogP contribution in [0, 0.1) is 0 Å². The Balaban J connectivity index is 1.54. The normalized spacial score (nSPS) is 17.2. The predicted molar refractivity (Wildman–Crippen MR) is 87.4 cm³/mol. The Morgan fingerprint density at radius 3 is 2.35 bits per heavy atom. The van der Waals surface area contributed by atoms with Crippen LogP contribution < -0.4 is 0 Å². The van der Waals surface area contributed by atoms with Crippen molar-refractivity contribution < 1.29 is 8.42 Å². The van der Waals surface area contributed by atoms with E-state index >= 15 is 0 Å². The van der Waals surface area contributed by atoms with Gasteiger partial charge in [-0.15, -0.1) is 0 Å². The van der Waals surface area contributed by atoms with Crippen molar-refractivity contribution in [1.82, 2.24) is 19.2 Å². The van der Waals surface area contributed by atoms with Crippen LogP contribution in [0.2, 0.25) is 0 Å². The van der Waals surface area contributed by atoms with Gasteiger partial charge < -0.3 is 4.90 Å². The first-order chi connectivity index (χ1) is 11.2. The van der Waals surface area contributed by atoms with Crippen molar-refractivity contribution in [2.45, 2.75) is 11.4 Å². The van der Waals surface area contributed by atoms with Crippen molar-refractivity contribution in [2.24, 2.45) is 0 Å². The molecule has 2 aromatic rings. The SMILES string of the molecule is O=S(=O)(c1ccccn1)N1CCN(CCc2ccncc2)CC1.